The molecule has 25 heavy (non-hydrogen) atoms. The van der Waals surface area contributed by atoms with E-state index in [1.807, 2.05) is 6.07 Å². The maximum Gasteiger partial charge on any atom is 0.347 e. The molecule has 7 heteroatoms. The average molecular weight is 338 g/mol. The predicted octanol–water partition coefficient (Wildman–Crippen LogP) is 3.06. The van der Waals surface area contributed by atoms with E-state index in [0.29, 0.717) is 23.7 Å². The van der Waals surface area contributed by atoms with Crippen LogP contribution in [0.25, 0.3) is 5.69 Å². The topological polar surface area (TPSA) is 79.1 Å². The fourth-order valence-electron chi connectivity index (χ4n) is 2.20. The number of nitrogens with zero attached hydrogens (tertiary/aromatic N) is 4. The van der Waals surface area contributed by atoms with Gasteiger partial charge in [-0.15, -0.1) is 5.10 Å². The van der Waals surface area contributed by atoms with Gasteiger partial charge in [0.1, 0.15) is 23.4 Å². The summed E-state index contributed by atoms with van der Waals surface area (Å²) in [6.45, 7) is 2.66. The molecule has 0 aliphatic rings. The SMILES string of the molecule is CCCCOc1ccccc1C(=O)Oc1ccc(-n2cnnn2)cc1. The lowest BCUT2D eigenvalue weighted by molar-refractivity contribution is 0.0730. The molecule has 0 unspecified atom stereocenters. The summed E-state index contributed by atoms with van der Waals surface area (Å²) >= 11 is 0. The van der Waals surface area contributed by atoms with E-state index in [1.165, 1.54) is 11.0 Å². The minimum atomic E-state index is -0.456. The molecule has 0 N–H and O–H groups in total. The highest BCUT2D eigenvalue weighted by atomic mass is 16.5. The van der Waals surface area contributed by atoms with Crippen molar-refractivity contribution in [1.29, 1.82) is 0 Å². The highest BCUT2D eigenvalue weighted by molar-refractivity contribution is 5.94. The van der Waals surface area contributed by atoms with Crippen molar-refractivity contribution in [2.45, 2.75) is 19.8 Å². The molecule has 0 fully saturated rings. The van der Waals surface area contributed by atoms with E-state index in [-0.39, 0.29) is 0 Å². The van der Waals surface area contributed by atoms with Crippen molar-refractivity contribution in [3.05, 3.63) is 60.4 Å². The molecule has 0 saturated carbocycles. The van der Waals surface area contributed by atoms with Crippen LogP contribution in [0.2, 0.25) is 0 Å². The van der Waals surface area contributed by atoms with E-state index in [9.17, 15) is 4.79 Å². The Morgan fingerprint density at radius 2 is 1.92 bits per heavy atom. The highest BCUT2D eigenvalue weighted by Crippen LogP contribution is 2.22. The first-order valence-electron chi connectivity index (χ1n) is 8.05. The average Bonchev–Trinajstić information content (AvgIpc) is 3.18. The van der Waals surface area contributed by atoms with E-state index in [1.54, 1.807) is 42.5 Å². The molecule has 0 aliphatic heterocycles. The van der Waals surface area contributed by atoms with Crippen LogP contribution in [-0.2, 0) is 0 Å². The molecule has 0 bridgehead atoms. The summed E-state index contributed by atoms with van der Waals surface area (Å²) < 4.78 is 12.6. The third kappa shape index (κ3) is 4.20. The number of carbonyl (C=O) groups excluding carboxylic acids is 1. The Morgan fingerprint density at radius 3 is 2.64 bits per heavy atom. The minimum absolute atomic E-state index is 0.406. The van der Waals surface area contributed by atoms with Crippen molar-refractivity contribution in [1.82, 2.24) is 20.2 Å². The zero-order valence-electron chi connectivity index (χ0n) is 13.8. The van der Waals surface area contributed by atoms with Gasteiger partial charge < -0.3 is 9.47 Å². The lowest BCUT2D eigenvalue weighted by Crippen LogP contribution is -2.11. The summed E-state index contributed by atoms with van der Waals surface area (Å²) in [5.74, 6) is 0.513. The first-order chi connectivity index (χ1) is 12.3. The largest absolute Gasteiger partial charge is 0.493 e. The fraction of sp³-hybridized carbons (Fsp3) is 0.222. The summed E-state index contributed by atoms with van der Waals surface area (Å²) in [5.41, 5.74) is 1.18. The number of tetrazole rings is 1. The number of ether oxygens (including phenoxy) is 2. The molecule has 2 aromatic carbocycles. The number of carbonyl (C=O) groups is 1. The lowest BCUT2D eigenvalue weighted by atomic mass is 10.2. The molecule has 0 amide bonds. The van der Waals surface area contributed by atoms with Gasteiger partial charge >= 0.3 is 5.97 Å². The quantitative estimate of drug-likeness (QED) is 0.374. The number of aromatic nitrogens is 4. The van der Waals surface area contributed by atoms with Crippen molar-refractivity contribution >= 4 is 5.97 Å². The van der Waals surface area contributed by atoms with Crippen LogP contribution in [0.1, 0.15) is 30.1 Å². The molecule has 0 saturated heterocycles. The third-order valence-corrected chi connectivity index (χ3v) is 3.52. The Morgan fingerprint density at radius 1 is 1.12 bits per heavy atom. The van der Waals surface area contributed by atoms with Gasteiger partial charge in [-0.3, -0.25) is 0 Å². The van der Waals surface area contributed by atoms with Crippen LogP contribution in [0.4, 0.5) is 0 Å². The predicted molar refractivity (Wildman–Crippen MR) is 91.0 cm³/mol. The summed E-state index contributed by atoms with van der Waals surface area (Å²) in [4.78, 5) is 12.4. The van der Waals surface area contributed by atoms with Gasteiger partial charge in [-0.05, 0) is 53.2 Å². The van der Waals surface area contributed by atoms with Crippen molar-refractivity contribution in [3.8, 4) is 17.2 Å². The number of benzene rings is 2. The first-order valence-corrected chi connectivity index (χ1v) is 8.05. The van der Waals surface area contributed by atoms with E-state index >= 15 is 0 Å². The number of hydrogen-bond acceptors (Lipinski definition) is 6. The summed E-state index contributed by atoms with van der Waals surface area (Å²) in [5, 5.41) is 11.0. The van der Waals surface area contributed by atoms with Gasteiger partial charge in [0.2, 0.25) is 0 Å². The molecule has 0 atom stereocenters. The maximum atomic E-state index is 12.4. The molecule has 3 rings (SSSR count). The molecule has 7 nitrogen and oxygen atoms in total. The number of esters is 1. The van der Waals surface area contributed by atoms with Gasteiger partial charge in [0, 0.05) is 0 Å². The molecule has 128 valence electrons. The summed E-state index contributed by atoms with van der Waals surface area (Å²) in [6, 6.07) is 14.0. The van der Waals surface area contributed by atoms with Gasteiger partial charge in [-0.1, -0.05) is 25.5 Å². The molecule has 1 aromatic heterocycles. The van der Waals surface area contributed by atoms with Gasteiger partial charge in [-0.25, -0.2) is 9.48 Å². The van der Waals surface area contributed by atoms with Gasteiger partial charge in [-0.2, -0.15) is 0 Å². The Balaban J connectivity index is 1.70. The summed E-state index contributed by atoms with van der Waals surface area (Å²) in [7, 11) is 0. The smallest absolute Gasteiger partial charge is 0.347 e. The van der Waals surface area contributed by atoms with E-state index in [4.69, 9.17) is 9.47 Å². The number of rotatable bonds is 7. The van der Waals surface area contributed by atoms with Crippen molar-refractivity contribution in [3.63, 3.8) is 0 Å². The van der Waals surface area contributed by atoms with Crippen molar-refractivity contribution < 1.29 is 14.3 Å². The molecular formula is C18H18N4O3. The molecule has 0 spiro atoms. The number of unbranched alkanes of at least 4 members (excludes halogenated alkanes) is 1. The van der Waals surface area contributed by atoms with E-state index in [2.05, 4.69) is 22.4 Å². The second-order valence-corrected chi connectivity index (χ2v) is 5.34. The molecule has 0 radical (unpaired) electrons. The van der Waals surface area contributed by atoms with Gasteiger partial charge in [0.15, 0.2) is 0 Å². The van der Waals surface area contributed by atoms with Crippen molar-refractivity contribution in [2.24, 2.45) is 0 Å². The highest BCUT2D eigenvalue weighted by Gasteiger charge is 2.14. The number of para-hydroxylation sites is 1. The van der Waals surface area contributed by atoms with E-state index in [0.717, 1.165) is 18.5 Å². The first kappa shape index (κ1) is 16.6. The zero-order valence-corrected chi connectivity index (χ0v) is 13.8. The van der Waals surface area contributed by atoms with Crippen LogP contribution in [0.15, 0.2) is 54.9 Å². The Bertz CT molecular complexity index is 817. The number of hydrogen-bond donors (Lipinski definition) is 0. The second kappa shape index (κ2) is 8.05. The normalized spacial score (nSPS) is 10.4. The van der Waals surface area contributed by atoms with E-state index < -0.39 is 5.97 Å². The zero-order chi connectivity index (χ0) is 17.5. The van der Waals surface area contributed by atoms with Gasteiger partial charge in [0.25, 0.3) is 0 Å². The van der Waals surface area contributed by atoms with Gasteiger partial charge in [0.05, 0.1) is 12.3 Å². The van der Waals surface area contributed by atoms with Crippen LogP contribution in [-0.4, -0.2) is 32.8 Å². The maximum absolute atomic E-state index is 12.4. The molecule has 3 aromatic rings. The Hall–Kier alpha value is -3.22. The minimum Gasteiger partial charge on any atom is -0.493 e. The Kier molecular flexibility index (Phi) is 5.36. The van der Waals surface area contributed by atoms with Crippen LogP contribution < -0.4 is 9.47 Å². The molecule has 0 aliphatic carbocycles. The fourth-order valence-corrected chi connectivity index (χ4v) is 2.20. The standard InChI is InChI=1S/C18H18N4O3/c1-2-3-12-24-17-7-5-4-6-16(17)18(23)25-15-10-8-14(9-11-15)22-13-19-20-21-22/h4-11,13H,2-3,12H2,1H3. The summed E-state index contributed by atoms with van der Waals surface area (Å²) in [6.07, 6.45) is 3.45. The molecular weight excluding hydrogens is 320 g/mol. The monoisotopic (exact) mass is 338 g/mol. The van der Waals surface area contributed by atoms with Crippen LogP contribution in [0.5, 0.6) is 11.5 Å². The third-order valence-electron chi connectivity index (χ3n) is 3.52. The van der Waals surface area contributed by atoms with Crippen LogP contribution >= 0.6 is 0 Å². The second-order valence-electron chi connectivity index (χ2n) is 5.34. The molecule has 1 heterocycles. The lowest BCUT2D eigenvalue weighted by Gasteiger charge is -2.11. The van der Waals surface area contributed by atoms with Crippen LogP contribution in [0.3, 0.4) is 0 Å². The Labute approximate surface area is 145 Å². The van der Waals surface area contributed by atoms with Crippen LogP contribution in [0, 0.1) is 0 Å². The van der Waals surface area contributed by atoms with Crippen molar-refractivity contribution in [2.75, 3.05) is 6.61 Å².